The first-order valence-electron chi connectivity index (χ1n) is 8.41. The Kier molecular flexibility index (Phi) is 5.78. The number of anilines is 1. The minimum absolute atomic E-state index is 0.183. The van der Waals surface area contributed by atoms with E-state index in [2.05, 4.69) is 15.5 Å². The van der Waals surface area contributed by atoms with Crippen LogP contribution in [0.5, 0.6) is 5.75 Å². The molecule has 1 amide bonds. The Morgan fingerprint density at radius 3 is 2.13 bits per heavy atom. The highest BCUT2D eigenvalue weighted by atomic mass is 32.2. The third-order valence-electron chi connectivity index (χ3n) is 4.03. The fourth-order valence-electron chi connectivity index (χ4n) is 2.79. The van der Waals surface area contributed by atoms with E-state index in [9.17, 15) is 35.8 Å². The van der Waals surface area contributed by atoms with Crippen molar-refractivity contribution in [2.75, 3.05) is 5.32 Å². The van der Waals surface area contributed by atoms with Crippen molar-refractivity contribution in [2.24, 2.45) is 10.2 Å². The Morgan fingerprint density at radius 1 is 0.935 bits per heavy atom. The van der Waals surface area contributed by atoms with Gasteiger partial charge in [0.25, 0.3) is 20.2 Å². The summed E-state index contributed by atoms with van der Waals surface area (Å²) in [6.07, 6.45) is 0. The van der Waals surface area contributed by atoms with Crippen LogP contribution in [0, 0.1) is 0 Å². The average molecular weight is 465 g/mol. The lowest BCUT2D eigenvalue weighted by atomic mass is 10.1. The molecule has 162 valence electrons. The number of carbonyl (C=O) groups excluding carboxylic acids is 1. The lowest BCUT2D eigenvalue weighted by Gasteiger charge is -2.14. The van der Waals surface area contributed by atoms with Crippen LogP contribution in [0.3, 0.4) is 0 Å². The van der Waals surface area contributed by atoms with Crippen molar-refractivity contribution in [3.8, 4) is 5.75 Å². The molecule has 0 aliphatic rings. The zero-order chi connectivity index (χ0) is 23.0. The molecule has 3 rings (SSSR count). The summed E-state index contributed by atoms with van der Waals surface area (Å²) in [7, 11) is -9.71. The molecule has 0 saturated heterocycles. The van der Waals surface area contributed by atoms with E-state index in [-0.39, 0.29) is 16.5 Å². The van der Waals surface area contributed by atoms with Crippen molar-refractivity contribution >= 4 is 54.0 Å². The monoisotopic (exact) mass is 465 g/mol. The SMILES string of the molecule is CC(=O)Nc1cc(S(=O)(=O)O)cc2cc(S(=O)(=O)O)c(/N=N/c3ccccc3)c(O)c12. The molecule has 0 aliphatic heterocycles. The quantitative estimate of drug-likeness (QED) is 0.326. The largest absolute Gasteiger partial charge is 0.505 e. The summed E-state index contributed by atoms with van der Waals surface area (Å²) in [4.78, 5) is 10.0. The van der Waals surface area contributed by atoms with Gasteiger partial charge in [0, 0.05) is 12.3 Å². The molecule has 3 aromatic carbocycles. The van der Waals surface area contributed by atoms with Crippen molar-refractivity contribution in [1.82, 2.24) is 0 Å². The van der Waals surface area contributed by atoms with Crippen LogP contribution in [0.4, 0.5) is 17.1 Å². The molecule has 0 aliphatic carbocycles. The van der Waals surface area contributed by atoms with Gasteiger partial charge in [-0.05, 0) is 35.7 Å². The lowest BCUT2D eigenvalue weighted by molar-refractivity contribution is -0.114. The number of aromatic hydroxyl groups is 1. The number of azo groups is 1. The maximum atomic E-state index is 11.9. The third kappa shape index (κ3) is 4.86. The van der Waals surface area contributed by atoms with E-state index in [1.54, 1.807) is 30.3 Å². The summed E-state index contributed by atoms with van der Waals surface area (Å²) in [6, 6.07) is 10.7. The van der Waals surface area contributed by atoms with Crippen molar-refractivity contribution < 1.29 is 35.8 Å². The number of nitrogens with one attached hydrogen (secondary N) is 1. The van der Waals surface area contributed by atoms with E-state index in [0.717, 1.165) is 25.1 Å². The van der Waals surface area contributed by atoms with E-state index < -0.39 is 47.4 Å². The number of hydrogen-bond donors (Lipinski definition) is 4. The van der Waals surface area contributed by atoms with Crippen molar-refractivity contribution in [1.29, 1.82) is 0 Å². The Labute approximate surface area is 176 Å². The summed E-state index contributed by atoms with van der Waals surface area (Å²) in [5.74, 6) is -1.44. The Balaban J connectivity index is 2.41. The van der Waals surface area contributed by atoms with Gasteiger partial charge in [-0.1, -0.05) is 18.2 Å². The van der Waals surface area contributed by atoms with Crippen LogP contribution in [-0.4, -0.2) is 37.0 Å². The van der Waals surface area contributed by atoms with Gasteiger partial charge in [-0.15, -0.1) is 5.11 Å². The van der Waals surface area contributed by atoms with Crippen LogP contribution in [0.25, 0.3) is 10.8 Å². The van der Waals surface area contributed by atoms with Crippen molar-refractivity contribution in [3.63, 3.8) is 0 Å². The summed E-state index contributed by atoms with van der Waals surface area (Å²) in [5.41, 5.74) is -0.565. The zero-order valence-corrected chi connectivity index (χ0v) is 17.3. The molecule has 11 nitrogen and oxygen atoms in total. The number of benzene rings is 3. The molecular formula is C18H15N3O8S2. The Bertz CT molecular complexity index is 1430. The number of carbonyl (C=O) groups is 1. The predicted molar refractivity (Wildman–Crippen MR) is 110 cm³/mol. The first-order valence-corrected chi connectivity index (χ1v) is 11.3. The molecule has 0 radical (unpaired) electrons. The smallest absolute Gasteiger partial charge is 0.296 e. The minimum atomic E-state index is -4.95. The van der Waals surface area contributed by atoms with Crippen LogP contribution in [0.1, 0.15) is 6.92 Å². The number of phenolic OH excluding ortho intramolecular Hbond substituents is 1. The second-order valence-corrected chi connectivity index (χ2v) is 9.12. The van der Waals surface area contributed by atoms with Crippen LogP contribution in [-0.2, 0) is 25.0 Å². The lowest BCUT2D eigenvalue weighted by Crippen LogP contribution is -2.08. The van der Waals surface area contributed by atoms with E-state index in [0.29, 0.717) is 5.69 Å². The highest BCUT2D eigenvalue weighted by molar-refractivity contribution is 7.86. The molecule has 0 spiro atoms. The molecule has 0 bridgehead atoms. The predicted octanol–water partition coefficient (Wildman–Crippen LogP) is 3.41. The summed E-state index contributed by atoms with van der Waals surface area (Å²) in [6.45, 7) is 1.12. The molecule has 0 fully saturated rings. The van der Waals surface area contributed by atoms with Gasteiger partial charge < -0.3 is 10.4 Å². The van der Waals surface area contributed by atoms with Crippen molar-refractivity contribution in [2.45, 2.75) is 16.7 Å². The van der Waals surface area contributed by atoms with E-state index >= 15 is 0 Å². The van der Waals surface area contributed by atoms with Gasteiger partial charge in [-0.2, -0.15) is 21.9 Å². The standard InChI is InChI=1S/C18H15N3O8S2/c1-10(22)19-14-9-13(30(24,25)26)7-11-8-15(31(27,28)29)17(18(23)16(11)14)21-20-12-5-3-2-4-6-12/h2-9,23H,1H3,(H,19,22)(H,24,25,26)(H,27,28,29)/b21-20+. The number of amides is 1. The maximum absolute atomic E-state index is 11.9. The number of rotatable bonds is 5. The van der Waals surface area contributed by atoms with Crippen LogP contribution in [0.15, 0.2) is 68.6 Å². The highest BCUT2D eigenvalue weighted by Crippen LogP contribution is 2.45. The van der Waals surface area contributed by atoms with Gasteiger partial charge in [0.05, 0.1) is 16.3 Å². The molecule has 13 heteroatoms. The van der Waals surface area contributed by atoms with Crippen molar-refractivity contribution in [3.05, 3.63) is 48.5 Å². The number of nitrogens with zero attached hydrogens (tertiary/aromatic N) is 2. The fraction of sp³-hybridized carbons (Fsp3) is 0.0556. The molecule has 4 N–H and O–H groups in total. The molecule has 3 aromatic rings. The maximum Gasteiger partial charge on any atom is 0.296 e. The first-order chi connectivity index (χ1) is 14.4. The molecule has 0 saturated carbocycles. The van der Waals surface area contributed by atoms with E-state index in [4.69, 9.17) is 0 Å². The number of phenols is 1. The topological polar surface area (TPSA) is 183 Å². The van der Waals surface area contributed by atoms with E-state index in [1.807, 2.05) is 0 Å². The second-order valence-electron chi connectivity index (χ2n) is 6.31. The fourth-order valence-corrected chi connectivity index (χ4v) is 3.99. The molecule has 0 atom stereocenters. The summed E-state index contributed by atoms with van der Waals surface area (Å²) < 4.78 is 66.0. The van der Waals surface area contributed by atoms with Gasteiger partial charge in [0.15, 0.2) is 5.75 Å². The second kappa shape index (κ2) is 8.03. The normalized spacial score (nSPS) is 12.4. The molecule has 0 unspecified atom stereocenters. The van der Waals surface area contributed by atoms with Gasteiger partial charge >= 0.3 is 0 Å². The summed E-state index contributed by atoms with van der Waals surface area (Å²) in [5, 5.41) is 20.2. The molecule has 0 heterocycles. The van der Waals surface area contributed by atoms with Crippen LogP contribution in [0.2, 0.25) is 0 Å². The van der Waals surface area contributed by atoms with Crippen LogP contribution >= 0.6 is 0 Å². The average Bonchev–Trinajstić information content (AvgIpc) is 2.65. The summed E-state index contributed by atoms with van der Waals surface area (Å²) >= 11 is 0. The Hall–Kier alpha value is -3.39. The highest BCUT2D eigenvalue weighted by Gasteiger charge is 2.25. The third-order valence-corrected chi connectivity index (χ3v) is 5.73. The minimum Gasteiger partial charge on any atom is -0.505 e. The number of fused-ring (bicyclic) bond motifs is 1. The number of hydrogen-bond acceptors (Lipinski definition) is 8. The molecular weight excluding hydrogens is 450 g/mol. The zero-order valence-electron chi connectivity index (χ0n) is 15.7. The molecule has 0 aromatic heterocycles. The van der Waals surface area contributed by atoms with Gasteiger partial charge in [0.2, 0.25) is 5.91 Å². The van der Waals surface area contributed by atoms with Gasteiger partial charge in [-0.3, -0.25) is 13.9 Å². The Morgan fingerprint density at radius 2 is 1.58 bits per heavy atom. The van der Waals surface area contributed by atoms with E-state index in [1.165, 1.54) is 0 Å². The molecule has 31 heavy (non-hydrogen) atoms. The first kappa shape index (κ1) is 22.3. The van der Waals surface area contributed by atoms with Gasteiger partial charge in [0.1, 0.15) is 10.6 Å². The van der Waals surface area contributed by atoms with Crippen LogP contribution < -0.4 is 5.32 Å². The van der Waals surface area contributed by atoms with Gasteiger partial charge in [-0.25, -0.2) is 0 Å².